The molecule has 2 rings (SSSR count). The van der Waals surface area contributed by atoms with Gasteiger partial charge in [-0.15, -0.1) is 0 Å². The van der Waals surface area contributed by atoms with Crippen molar-refractivity contribution >= 4 is 11.7 Å². The second kappa shape index (κ2) is 5.21. The van der Waals surface area contributed by atoms with Crippen LogP contribution in [0.3, 0.4) is 0 Å². The molecule has 0 spiro atoms. The number of hydrogen-bond donors (Lipinski definition) is 1. The molecule has 1 aromatic rings. The summed E-state index contributed by atoms with van der Waals surface area (Å²) in [6.07, 6.45) is 3.10. The fraction of sp³-hybridized carbons (Fsp3) is 0.357. The summed E-state index contributed by atoms with van der Waals surface area (Å²) < 4.78 is 13.2. The highest BCUT2D eigenvalue weighted by molar-refractivity contribution is 5.86. The first kappa shape index (κ1) is 12.6. The van der Waals surface area contributed by atoms with E-state index in [1.165, 1.54) is 12.1 Å². The number of benzene rings is 1. The Balaban J connectivity index is 2.14. The number of aliphatic carboxylic acids is 1. The van der Waals surface area contributed by atoms with Crippen LogP contribution >= 0.6 is 0 Å². The zero-order chi connectivity index (χ0) is 13.1. The number of carboxylic acid groups (broad SMARTS) is 1. The molecule has 0 unspecified atom stereocenters. The van der Waals surface area contributed by atoms with Crippen LogP contribution in [0, 0.1) is 5.82 Å². The fourth-order valence-electron chi connectivity index (χ4n) is 2.21. The SMILES string of the molecule is CC/C(=C/CN1CCc2ccc(F)cc21)C(=O)O. The van der Waals surface area contributed by atoms with E-state index >= 15 is 0 Å². The maximum Gasteiger partial charge on any atom is 0.331 e. The fourth-order valence-corrected chi connectivity index (χ4v) is 2.21. The molecule has 4 heteroatoms. The Morgan fingerprint density at radius 2 is 2.33 bits per heavy atom. The van der Waals surface area contributed by atoms with Crippen LogP contribution in [0.25, 0.3) is 0 Å². The van der Waals surface area contributed by atoms with E-state index in [-0.39, 0.29) is 5.82 Å². The minimum absolute atomic E-state index is 0.251. The Labute approximate surface area is 106 Å². The van der Waals surface area contributed by atoms with Crippen molar-refractivity contribution in [3.63, 3.8) is 0 Å². The standard InChI is InChI=1S/C14H16FNO2/c1-2-10(14(17)18)5-7-16-8-6-11-3-4-12(15)9-13(11)16/h3-5,9H,2,6-8H2,1H3,(H,17,18)/b10-5-. The highest BCUT2D eigenvalue weighted by atomic mass is 19.1. The minimum atomic E-state index is -0.879. The summed E-state index contributed by atoms with van der Waals surface area (Å²) >= 11 is 0. The summed E-state index contributed by atoms with van der Waals surface area (Å²) in [6.45, 7) is 3.15. The monoisotopic (exact) mass is 249 g/mol. The molecule has 0 saturated heterocycles. The Morgan fingerprint density at radius 1 is 1.56 bits per heavy atom. The van der Waals surface area contributed by atoms with Gasteiger partial charge in [0.15, 0.2) is 0 Å². The van der Waals surface area contributed by atoms with E-state index in [1.54, 1.807) is 12.1 Å². The van der Waals surface area contributed by atoms with Crippen molar-refractivity contribution < 1.29 is 14.3 Å². The van der Waals surface area contributed by atoms with E-state index in [4.69, 9.17) is 5.11 Å². The van der Waals surface area contributed by atoms with Crippen LogP contribution < -0.4 is 4.90 Å². The first-order chi connectivity index (χ1) is 8.61. The molecule has 96 valence electrons. The lowest BCUT2D eigenvalue weighted by atomic mass is 10.1. The molecule has 1 N–H and O–H groups in total. The molecule has 0 bridgehead atoms. The van der Waals surface area contributed by atoms with Crippen LogP contribution in [0.5, 0.6) is 0 Å². The van der Waals surface area contributed by atoms with Crippen LogP contribution in [-0.2, 0) is 11.2 Å². The maximum atomic E-state index is 13.2. The topological polar surface area (TPSA) is 40.5 Å². The molecule has 0 amide bonds. The molecule has 3 nitrogen and oxygen atoms in total. The van der Waals surface area contributed by atoms with Gasteiger partial charge in [-0.3, -0.25) is 0 Å². The van der Waals surface area contributed by atoms with Crippen LogP contribution in [0.4, 0.5) is 10.1 Å². The number of carbonyl (C=O) groups is 1. The summed E-state index contributed by atoms with van der Waals surface area (Å²) in [5, 5.41) is 8.94. The highest BCUT2D eigenvalue weighted by Crippen LogP contribution is 2.28. The van der Waals surface area contributed by atoms with E-state index in [1.807, 2.05) is 11.8 Å². The molecule has 0 radical (unpaired) electrons. The van der Waals surface area contributed by atoms with Crippen molar-refractivity contribution in [2.45, 2.75) is 19.8 Å². The lowest BCUT2D eigenvalue weighted by Gasteiger charge is -2.17. The molecule has 1 heterocycles. The van der Waals surface area contributed by atoms with Gasteiger partial charge in [-0.05, 0) is 30.5 Å². The van der Waals surface area contributed by atoms with Crippen molar-refractivity contribution in [2.24, 2.45) is 0 Å². The summed E-state index contributed by atoms with van der Waals surface area (Å²) in [7, 11) is 0. The van der Waals surface area contributed by atoms with Crippen LogP contribution in [-0.4, -0.2) is 24.2 Å². The second-order valence-corrected chi connectivity index (χ2v) is 4.36. The van der Waals surface area contributed by atoms with Crippen molar-refractivity contribution in [2.75, 3.05) is 18.0 Å². The Bertz CT molecular complexity index is 497. The van der Waals surface area contributed by atoms with E-state index < -0.39 is 5.97 Å². The molecule has 1 aliphatic heterocycles. The predicted molar refractivity (Wildman–Crippen MR) is 68.3 cm³/mol. The first-order valence-electron chi connectivity index (χ1n) is 6.07. The third kappa shape index (κ3) is 2.53. The van der Waals surface area contributed by atoms with Gasteiger partial charge in [-0.25, -0.2) is 9.18 Å². The molecule has 0 aliphatic carbocycles. The van der Waals surface area contributed by atoms with Gasteiger partial charge < -0.3 is 10.0 Å². The van der Waals surface area contributed by atoms with Crippen molar-refractivity contribution in [3.8, 4) is 0 Å². The highest BCUT2D eigenvalue weighted by Gasteiger charge is 2.18. The maximum absolute atomic E-state index is 13.2. The molecule has 0 saturated carbocycles. The van der Waals surface area contributed by atoms with Gasteiger partial charge in [0.05, 0.1) is 0 Å². The average Bonchev–Trinajstić information content (AvgIpc) is 2.72. The van der Waals surface area contributed by atoms with Crippen LogP contribution in [0.2, 0.25) is 0 Å². The van der Waals surface area contributed by atoms with Gasteiger partial charge >= 0.3 is 5.97 Å². The molecule has 18 heavy (non-hydrogen) atoms. The second-order valence-electron chi connectivity index (χ2n) is 4.36. The summed E-state index contributed by atoms with van der Waals surface area (Å²) in [6, 6.07) is 4.78. The average molecular weight is 249 g/mol. The molecule has 0 aromatic heterocycles. The summed E-state index contributed by atoms with van der Waals surface area (Å²) in [5.41, 5.74) is 2.41. The van der Waals surface area contributed by atoms with E-state index in [9.17, 15) is 9.18 Å². The smallest absolute Gasteiger partial charge is 0.331 e. The number of hydrogen-bond acceptors (Lipinski definition) is 2. The molecule has 0 fully saturated rings. The molecule has 1 aromatic carbocycles. The molecule has 1 aliphatic rings. The molecule has 0 atom stereocenters. The van der Waals surface area contributed by atoms with E-state index in [2.05, 4.69) is 0 Å². The lowest BCUT2D eigenvalue weighted by molar-refractivity contribution is -0.132. The molecular weight excluding hydrogens is 233 g/mol. The number of rotatable bonds is 4. The predicted octanol–water partition coefficient (Wildman–Crippen LogP) is 2.61. The quantitative estimate of drug-likeness (QED) is 0.834. The lowest BCUT2D eigenvalue weighted by Crippen LogP contribution is -2.21. The van der Waals surface area contributed by atoms with Gasteiger partial charge in [-0.1, -0.05) is 19.1 Å². The number of fused-ring (bicyclic) bond motifs is 1. The van der Waals surface area contributed by atoms with E-state index in [0.29, 0.717) is 18.5 Å². The Hall–Kier alpha value is -1.84. The third-order valence-corrected chi connectivity index (χ3v) is 3.25. The largest absolute Gasteiger partial charge is 0.478 e. The molecular formula is C14H16FNO2. The van der Waals surface area contributed by atoms with Gasteiger partial charge in [0, 0.05) is 24.4 Å². The van der Waals surface area contributed by atoms with Gasteiger partial charge in [0.2, 0.25) is 0 Å². The number of halogens is 1. The number of anilines is 1. The van der Waals surface area contributed by atoms with E-state index in [0.717, 1.165) is 24.2 Å². The van der Waals surface area contributed by atoms with Gasteiger partial charge in [-0.2, -0.15) is 0 Å². The minimum Gasteiger partial charge on any atom is -0.478 e. The summed E-state index contributed by atoms with van der Waals surface area (Å²) in [4.78, 5) is 12.9. The van der Waals surface area contributed by atoms with Gasteiger partial charge in [0.1, 0.15) is 5.82 Å². The third-order valence-electron chi connectivity index (χ3n) is 3.25. The number of nitrogens with zero attached hydrogens (tertiary/aromatic N) is 1. The van der Waals surface area contributed by atoms with Crippen molar-refractivity contribution in [3.05, 3.63) is 41.2 Å². The van der Waals surface area contributed by atoms with Crippen molar-refractivity contribution in [1.29, 1.82) is 0 Å². The zero-order valence-corrected chi connectivity index (χ0v) is 10.3. The Morgan fingerprint density at radius 3 is 3.00 bits per heavy atom. The zero-order valence-electron chi connectivity index (χ0n) is 10.3. The summed E-state index contributed by atoms with van der Waals surface area (Å²) in [5.74, 6) is -1.13. The van der Waals surface area contributed by atoms with Crippen LogP contribution in [0.15, 0.2) is 29.8 Å². The Kier molecular flexibility index (Phi) is 3.65. The normalized spacial score (nSPS) is 14.8. The van der Waals surface area contributed by atoms with Crippen LogP contribution in [0.1, 0.15) is 18.9 Å². The van der Waals surface area contributed by atoms with Gasteiger partial charge in [0.25, 0.3) is 0 Å². The number of carboxylic acids is 1. The first-order valence-corrected chi connectivity index (χ1v) is 6.07. The van der Waals surface area contributed by atoms with Crippen molar-refractivity contribution in [1.82, 2.24) is 0 Å².